The smallest absolute Gasteiger partial charge is 0.255 e. The molecule has 0 N–H and O–H groups in total. The molecular weight excluding hydrogens is 280 g/mol. The SMILES string of the molecule is Cc1ncc(Br)cc1C(=O)N1CCC(C)CC1. The number of aromatic nitrogens is 1. The Balaban J connectivity index is 2.16. The van der Waals surface area contributed by atoms with Crippen molar-refractivity contribution in [2.45, 2.75) is 26.7 Å². The van der Waals surface area contributed by atoms with Crippen LogP contribution in [0.3, 0.4) is 0 Å². The van der Waals surface area contributed by atoms with Crippen molar-refractivity contribution in [1.82, 2.24) is 9.88 Å². The topological polar surface area (TPSA) is 33.2 Å². The number of piperidine rings is 1. The molecule has 1 saturated heterocycles. The van der Waals surface area contributed by atoms with Gasteiger partial charge in [-0.15, -0.1) is 0 Å². The van der Waals surface area contributed by atoms with Crippen LogP contribution in [0.2, 0.25) is 0 Å². The second kappa shape index (κ2) is 5.17. The van der Waals surface area contributed by atoms with Crippen LogP contribution in [-0.2, 0) is 0 Å². The van der Waals surface area contributed by atoms with Gasteiger partial charge in [0.2, 0.25) is 0 Å². The van der Waals surface area contributed by atoms with Gasteiger partial charge in [-0.25, -0.2) is 0 Å². The monoisotopic (exact) mass is 296 g/mol. The number of halogens is 1. The highest BCUT2D eigenvalue weighted by atomic mass is 79.9. The molecule has 1 aromatic heterocycles. The molecule has 17 heavy (non-hydrogen) atoms. The number of hydrogen-bond donors (Lipinski definition) is 0. The van der Waals surface area contributed by atoms with Gasteiger partial charge >= 0.3 is 0 Å². The molecule has 1 amide bonds. The molecular formula is C13H17BrN2O. The van der Waals surface area contributed by atoms with Crippen LogP contribution in [0, 0.1) is 12.8 Å². The zero-order chi connectivity index (χ0) is 12.4. The minimum absolute atomic E-state index is 0.114. The fraction of sp³-hybridized carbons (Fsp3) is 0.538. The summed E-state index contributed by atoms with van der Waals surface area (Å²) in [6.07, 6.45) is 3.93. The first-order chi connectivity index (χ1) is 8.08. The molecule has 0 spiro atoms. The number of likely N-dealkylation sites (tertiary alicyclic amines) is 1. The number of aryl methyl sites for hydroxylation is 1. The van der Waals surface area contributed by atoms with Crippen molar-refractivity contribution in [1.29, 1.82) is 0 Å². The van der Waals surface area contributed by atoms with Gasteiger partial charge in [-0.1, -0.05) is 6.92 Å². The van der Waals surface area contributed by atoms with Crippen molar-refractivity contribution in [2.24, 2.45) is 5.92 Å². The molecule has 0 aliphatic carbocycles. The zero-order valence-corrected chi connectivity index (χ0v) is 11.8. The molecule has 3 nitrogen and oxygen atoms in total. The number of carbonyl (C=O) groups is 1. The molecule has 0 bridgehead atoms. The summed E-state index contributed by atoms with van der Waals surface area (Å²) < 4.78 is 0.858. The van der Waals surface area contributed by atoms with Crippen molar-refractivity contribution in [2.75, 3.05) is 13.1 Å². The van der Waals surface area contributed by atoms with E-state index < -0.39 is 0 Å². The van der Waals surface area contributed by atoms with Crippen LogP contribution in [0.1, 0.15) is 35.8 Å². The molecule has 92 valence electrons. The summed E-state index contributed by atoms with van der Waals surface area (Å²) in [5.41, 5.74) is 1.52. The zero-order valence-electron chi connectivity index (χ0n) is 10.2. The Morgan fingerprint density at radius 3 is 2.76 bits per heavy atom. The summed E-state index contributed by atoms with van der Waals surface area (Å²) in [6.45, 7) is 5.86. The minimum atomic E-state index is 0.114. The average molecular weight is 297 g/mol. The highest BCUT2D eigenvalue weighted by Crippen LogP contribution is 2.20. The summed E-state index contributed by atoms with van der Waals surface area (Å²) in [5.74, 6) is 0.851. The third-order valence-electron chi connectivity index (χ3n) is 3.35. The lowest BCUT2D eigenvalue weighted by molar-refractivity contribution is 0.0696. The van der Waals surface area contributed by atoms with E-state index in [0.29, 0.717) is 5.56 Å². The fourth-order valence-corrected chi connectivity index (χ4v) is 2.44. The Hall–Kier alpha value is -0.900. The van der Waals surface area contributed by atoms with Gasteiger partial charge in [0.05, 0.1) is 11.3 Å². The fourth-order valence-electron chi connectivity index (χ4n) is 2.11. The maximum Gasteiger partial charge on any atom is 0.255 e. The van der Waals surface area contributed by atoms with Crippen LogP contribution in [0.25, 0.3) is 0 Å². The largest absolute Gasteiger partial charge is 0.339 e. The summed E-state index contributed by atoms with van der Waals surface area (Å²) in [7, 11) is 0. The molecule has 0 unspecified atom stereocenters. The van der Waals surface area contributed by atoms with Crippen LogP contribution in [0.4, 0.5) is 0 Å². The van der Waals surface area contributed by atoms with E-state index >= 15 is 0 Å². The summed E-state index contributed by atoms with van der Waals surface area (Å²) in [5, 5.41) is 0. The predicted molar refractivity (Wildman–Crippen MR) is 71.0 cm³/mol. The molecule has 2 heterocycles. The first kappa shape index (κ1) is 12.6. The van der Waals surface area contributed by atoms with Crippen molar-refractivity contribution in [3.8, 4) is 0 Å². The van der Waals surface area contributed by atoms with Gasteiger partial charge in [0, 0.05) is 23.8 Å². The molecule has 1 aromatic rings. The number of hydrogen-bond acceptors (Lipinski definition) is 2. The van der Waals surface area contributed by atoms with Crippen LogP contribution in [-0.4, -0.2) is 28.9 Å². The van der Waals surface area contributed by atoms with E-state index in [4.69, 9.17) is 0 Å². The lowest BCUT2D eigenvalue weighted by Crippen LogP contribution is -2.38. The van der Waals surface area contributed by atoms with Crippen LogP contribution < -0.4 is 0 Å². The number of rotatable bonds is 1. The van der Waals surface area contributed by atoms with E-state index in [9.17, 15) is 4.79 Å². The Morgan fingerprint density at radius 2 is 2.12 bits per heavy atom. The standard InChI is InChI=1S/C13H17BrN2O/c1-9-3-5-16(6-4-9)13(17)12-7-11(14)8-15-10(12)2/h7-9H,3-6H2,1-2H3. The van der Waals surface area contributed by atoms with Crippen molar-refractivity contribution < 1.29 is 4.79 Å². The molecule has 0 radical (unpaired) electrons. The Kier molecular flexibility index (Phi) is 3.82. The van der Waals surface area contributed by atoms with Gasteiger partial charge < -0.3 is 4.90 Å². The minimum Gasteiger partial charge on any atom is -0.339 e. The van der Waals surface area contributed by atoms with E-state index in [0.717, 1.165) is 42.0 Å². The average Bonchev–Trinajstić information content (AvgIpc) is 2.32. The number of carbonyl (C=O) groups excluding carboxylic acids is 1. The van der Waals surface area contributed by atoms with Gasteiger partial charge in [0.15, 0.2) is 0 Å². The quantitative estimate of drug-likeness (QED) is 0.798. The molecule has 2 rings (SSSR count). The van der Waals surface area contributed by atoms with Gasteiger partial charge in [-0.3, -0.25) is 9.78 Å². The first-order valence-electron chi connectivity index (χ1n) is 5.99. The summed E-state index contributed by atoms with van der Waals surface area (Å²) in [6, 6.07) is 1.86. The van der Waals surface area contributed by atoms with Crippen molar-refractivity contribution in [3.63, 3.8) is 0 Å². The number of pyridine rings is 1. The highest BCUT2D eigenvalue weighted by molar-refractivity contribution is 9.10. The van der Waals surface area contributed by atoms with Gasteiger partial charge in [-0.2, -0.15) is 0 Å². The molecule has 1 aliphatic rings. The van der Waals surface area contributed by atoms with Crippen LogP contribution >= 0.6 is 15.9 Å². The third kappa shape index (κ3) is 2.86. The van der Waals surface area contributed by atoms with E-state index in [2.05, 4.69) is 27.8 Å². The van der Waals surface area contributed by atoms with Gasteiger partial charge in [0.1, 0.15) is 0 Å². The predicted octanol–water partition coefficient (Wildman–Crippen LogP) is 3.02. The molecule has 0 atom stereocenters. The molecule has 0 saturated carbocycles. The van der Waals surface area contributed by atoms with E-state index in [-0.39, 0.29) is 5.91 Å². The maximum atomic E-state index is 12.3. The Bertz CT molecular complexity index is 425. The third-order valence-corrected chi connectivity index (χ3v) is 3.79. The summed E-state index contributed by atoms with van der Waals surface area (Å²) >= 11 is 3.36. The summed E-state index contributed by atoms with van der Waals surface area (Å²) in [4.78, 5) is 18.5. The Labute approximate surface area is 110 Å². The van der Waals surface area contributed by atoms with E-state index in [1.54, 1.807) is 6.20 Å². The normalized spacial score (nSPS) is 17.2. The van der Waals surface area contributed by atoms with Crippen LogP contribution in [0.15, 0.2) is 16.7 Å². The highest BCUT2D eigenvalue weighted by Gasteiger charge is 2.22. The van der Waals surface area contributed by atoms with E-state index in [1.807, 2.05) is 17.9 Å². The molecule has 0 aromatic carbocycles. The van der Waals surface area contributed by atoms with Gasteiger partial charge in [0.25, 0.3) is 5.91 Å². The maximum absolute atomic E-state index is 12.3. The molecule has 1 fully saturated rings. The van der Waals surface area contributed by atoms with Crippen molar-refractivity contribution >= 4 is 21.8 Å². The van der Waals surface area contributed by atoms with Crippen LogP contribution in [0.5, 0.6) is 0 Å². The number of nitrogens with zero attached hydrogens (tertiary/aromatic N) is 2. The second-order valence-electron chi connectivity index (χ2n) is 4.76. The second-order valence-corrected chi connectivity index (χ2v) is 5.68. The van der Waals surface area contributed by atoms with Gasteiger partial charge in [-0.05, 0) is 47.7 Å². The Morgan fingerprint density at radius 1 is 1.47 bits per heavy atom. The molecule has 1 aliphatic heterocycles. The van der Waals surface area contributed by atoms with E-state index in [1.165, 1.54) is 0 Å². The number of amides is 1. The van der Waals surface area contributed by atoms with Crippen molar-refractivity contribution in [3.05, 3.63) is 28.0 Å². The molecule has 4 heteroatoms. The first-order valence-corrected chi connectivity index (χ1v) is 6.78. The lowest BCUT2D eigenvalue weighted by Gasteiger charge is -2.30. The lowest BCUT2D eigenvalue weighted by atomic mass is 9.98.